The monoisotopic (exact) mass is 292 g/mol. The SMILES string of the molecule is CCOC(=O)CCC(CC)c1ccc(O)c(C(C)(C)C)c1. The molecule has 0 saturated heterocycles. The molecule has 1 aromatic carbocycles. The first-order chi connectivity index (χ1) is 9.79. The summed E-state index contributed by atoms with van der Waals surface area (Å²) in [5, 5.41) is 10.0. The Kier molecular flexibility index (Phi) is 6.25. The fourth-order valence-electron chi connectivity index (χ4n) is 2.54. The molecule has 0 saturated carbocycles. The number of benzene rings is 1. The summed E-state index contributed by atoms with van der Waals surface area (Å²) in [7, 11) is 0. The van der Waals surface area contributed by atoms with Gasteiger partial charge in [-0.05, 0) is 48.3 Å². The van der Waals surface area contributed by atoms with E-state index in [1.54, 1.807) is 6.07 Å². The normalized spacial score (nSPS) is 13.0. The number of hydrogen-bond acceptors (Lipinski definition) is 3. The van der Waals surface area contributed by atoms with Crippen molar-refractivity contribution in [1.82, 2.24) is 0 Å². The zero-order valence-corrected chi connectivity index (χ0v) is 13.9. The van der Waals surface area contributed by atoms with Gasteiger partial charge in [-0.2, -0.15) is 0 Å². The maximum absolute atomic E-state index is 11.5. The first-order valence-electron chi connectivity index (χ1n) is 7.78. The van der Waals surface area contributed by atoms with Gasteiger partial charge in [0.25, 0.3) is 0 Å². The predicted octanol–water partition coefficient (Wildman–Crippen LogP) is 4.53. The summed E-state index contributed by atoms with van der Waals surface area (Å²) in [6, 6.07) is 5.81. The van der Waals surface area contributed by atoms with E-state index in [0.717, 1.165) is 18.4 Å². The van der Waals surface area contributed by atoms with Crippen LogP contribution >= 0.6 is 0 Å². The maximum atomic E-state index is 11.5. The quantitative estimate of drug-likeness (QED) is 0.784. The molecule has 1 N–H and O–H groups in total. The maximum Gasteiger partial charge on any atom is 0.305 e. The van der Waals surface area contributed by atoms with Crippen LogP contribution in [0.3, 0.4) is 0 Å². The summed E-state index contributed by atoms with van der Waals surface area (Å²) >= 11 is 0. The number of rotatable bonds is 6. The molecule has 118 valence electrons. The second kappa shape index (κ2) is 7.48. The average Bonchev–Trinajstić information content (AvgIpc) is 2.40. The Morgan fingerprint density at radius 3 is 2.48 bits per heavy atom. The molecule has 0 spiro atoms. The number of hydrogen-bond donors (Lipinski definition) is 1. The van der Waals surface area contributed by atoms with E-state index in [-0.39, 0.29) is 11.4 Å². The molecule has 0 heterocycles. The van der Waals surface area contributed by atoms with Crippen molar-refractivity contribution in [3.8, 4) is 5.75 Å². The third-order valence-electron chi connectivity index (χ3n) is 3.80. The standard InChI is InChI=1S/C18H28O3/c1-6-13(9-11-17(20)21-7-2)14-8-10-16(19)15(12-14)18(3,4)5/h8,10,12-13,19H,6-7,9,11H2,1-5H3. The lowest BCUT2D eigenvalue weighted by Crippen LogP contribution is -2.13. The Morgan fingerprint density at radius 1 is 1.29 bits per heavy atom. The van der Waals surface area contributed by atoms with Crippen LogP contribution in [0.4, 0.5) is 0 Å². The van der Waals surface area contributed by atoms with E-state index in [1.807, 2.05) is 13.0 Å². The molecule has 0 radical (unpaired) electrons. The lowest BCUT2D eigenvalue weighted by molar-refractivity contribution is -0.143. The summed E-state index contributed by atoms with van der Waals surface area (Å²) in [4.78, 5) is 11.5. The number of phenols is 1. The van der Waals surface area contributed by atoms with Crippen molar-refractivity contribution < 1.29 is 14.6 Å². The van der Waals surface area contributed by atoms with Crippen molar-refractivity contribution >= 4 is 5.97 Å². The molecule has 3 nitrogen and oxygen atoms in total. The molecule has 1 unspecified atom stereocenters. The first-order valence-corrected chi connectivity index (χ1v) is 7.78. The van der Waals surface area contributed by atoms with Gasteiger partial charge in [0.1, 0.15) is 5.75 Å². The minimum atomic E-state index is -0.134. The molecular formula is C18H28O3. The molecule has 0 bridgehead atoms. The van der Waals surface area contributed by atoms with Crippen molar-refractivity contribution in [2.24, 2.45) is 0 Å². The van der Waals surface area contributed by atoms with E-state index in [9.17, 15) is 9.90 Å². The highest BCUT2D eigenvalue weighted by molar-refractivity contribution is 5.69. The van der Waals surface area contributed by atoms with Crippen LogP contribution < -0.4 is 0 Å². The van der Waals surface area contributed by atoms with Crippen LogP contribution in [0.15, 0.2) is 18.2 Å². The zero-order chi connectivity index (χ0) is 16.0. The van der Waals surface area contributed by atoms with E-state index in [1.165, 1.54) is 5.56 Å². The Hall–Kier alpha value is -1.51. The van der Waals surface area contributed by atoms with Gasteiger partial charge in [-0.3, -0.25) is 4.79 Å². The van der Waals surface area contributed by atoms with Gasteiger partial charge in [0, 0.05) is 6.42 Å². The minimum absolute atomic E-state index is 0.0977. The lowest BCUT2D eigenvalue weighted by atomic mass is 9.82. The molecule has 0 aromatic heterocycles. The Morgan fingerprint density at radius 2 is 1.95 bits per heavy atom. The van der Waals surface area contributed by atoms with Gasteiger partial charge in [-0.25, -0.2) is 0 Å². The molecule has 21 heavy (non-hydrogen) atoms. The summed E-state index contributed by atoms with van der Waals surface area (Å²) in [5.41, 5.74) is 2.04. The number of ether oxygens (including phenoxy) is 1. The molecular weight excluding hydrogens is 264 g/mol. The zero-order valence-electron chi connectivity index (χ0n) is 13.9. The van der Waals surface area contributed by atoms with E-state index in [4.69, 9.17) is 4.74 Å². The van der Waals surface area contributed by atoms with E-state index >= 15 is 0 Å². The molecule has 0 fully saturated rings. The number of phenolic OH excluding ortho intramolecular Hbond substituents is 1. The molecule has 1 aromatic rings. The topological polar surface area (TPSA) is 46.5 Å². The summed E-state index contributed by atoms with van der Waals surface area (Å²) in [6.45, 7) is 10.6. The summed E-state index contributed by atoms with van der Waals surface area (Å²) in [6.07, 6.45) is 2.19. The van der Waals surface area contributed by atoms with Gasteiger partial charge < -0.3 is 9.84 Å². The third kappa shape index (κ3) is 5.07. The molecule has 1 rings (SSSR count). The summed E-state index contributed by atoms with van der Waals surface area (Å²) in [5.74, 6) is 0.522. The van der Waals surface area contributed by atoms with Crippen LogP contribution in [0.1, 0.15) is 70.9 Å². The number of aromatic hydroxyl groups is 1. The van der Waals surface area contributed by atoms with Crippen molar-refractivity contribution in [2.75, 3.05) is 6.61 Å². The van der Waals surface area contributed by atoms with Crippen LogP contribution in [0.2, 0.25) is 0 Å². The van der Waals surface area contributed by atoms with Crippen molar-refractivity contribution in [1.29, 1.82) is 0 Å². The van der Waals surface area contributed by atoms with Crippen LogP contribution in [0.5, 0.6) is 5.75 Å². The highest BCUT2D eigenvalue weighted by Gasteiger charge is 2.20. The minimum Gasteiger partial charge on any atom is -0.508 e. The third-order valence-corrected chi connectivity index (χ3v) is 3.80. The predicted molar refractivity (Wildman–Crippen MR) is 85.7 cm³/mol. The van der Waals surface area contributed by atoms with Crippen LogP contribution in [-0.2, 0) is 14.9 Å². The molecule has 3 heteroatoms. The van der Waals surface area contributed by atoms with Gasteiger partial charge in [0.05, 0.1) is 6.61 Å². The Balaban J connectivity index is 2.89. The number of esters is 1. The molecule has 0 aliphatic carbocycles. The van der Waals surface area contributed by atoms with E-state index in [0.29, 0.717) is 24.7 Å². The Labute approximate surface area is 128 Å². The number of carbonyl (C=O) groups is 1. The molecule has 0 aliphatic rings. The number of carbonyl (C=O) groups excluding carboxylic acids is 1. The second-order valence-electron chi connectivity index (χ2n) is 6.48. The highest BCUT2D eigenvalue weighted by atomic mass is 16.5. The largest absolute Gasteiger partial charge is 0.508 e. The van der Waals surface area contributed by atoms with E-state index < -0.39 is 0 Å². The second-order valence-corrected chi connectivity index (χ2v) is 6.48. The van der Waals surface area contributed by atoms with Crippen LogP contribution in [0.25, 0.3) is 0 Å². The Bertz CT molecular complexity index is 472. The van der Waals surface area contributed by atoms with Gasteiger partial charge in [0.2, 0.25) is 0 Å². The first kappa shape index (κ1) is 17.5. The van der Waals surface area contributed by atoms with Crippen molar-refractivity contribution in [3.63, 3.8) is 0 Å². The van der Waals surface area contributed by atoms with E-state index in [2.05, 4.69) is 33.8 Å². The van der Waals surface area contributed by atoms with Gasteiger partial charge in [-0.15, -0.1) is 0 Å². The molecule has 0 amide bonds. The average molecular weight is 292 g/mol. The summed E-state index contributed by atoms with van der Waals surface area (Å²) < 4.78 is 4.99. The van der Waals surface area contributed by atoms with Gasteiger partial charge >= 0.3 is 5.97 Å². The smallest absolute Gasteiger partial charge is 0.305 e. The fraction of sp³-hybridized carbons (Fsp3) is 0.611. The van der Waals surface area contributed by atoms with Gasteiger partial charge in [-0.1, -0.05) is 39.8 Å². The van der Waals surface area contributed by atoms with Gasteiger partial charge in [0.15, 0.2) is 0 Å². The van der Waals surface area contributed by atoms with Crippen molar-refractivity contribution in [2.45, 2.75) is 65.2 Å². The molecule has 1 atom stereocenters. The lowest BCUT2D eigenvalue weighted by Gasteiger charge is -2.23. The molecule has 0 aliphatic heterocycles. The fourth-order valence-corrected chi connectivity index (χ4v) is 2.54. The van der Waals surface area contributed by atoms with Crippen LogP contribution in [0, 0.1) is 0 Å². The highest BCUT2D eigenvalue weighted by Crippen LogP contribution is 2.35. The van der Waals surface area contributed by atoms with Crippen LogP contribution in [-0.4, -0.2) is 17.7 Å². The van der Waals surface area contributed by atoms with Crippen molar-refractivity contribution in [3.05, 3.63) is 29.3 Å².